The topological polar surface area (TPSA) is 365 Å². The average Bonchev–Trinajstić information content (AvgIpc) is 3.14. The molecule has 6 aromatic rings. The summed E-state index contributed by atoms with van der Waals surface area (Å²) in [6, 6.07) is 24.3. The van der Waals surface area contributed by atoms with Gasteiger partial charge in [-0.1, -0.05) is 48.5 Å². The van der Waals surface area contributed by atoms with E-state index in [9.17, 15) is 10.2 Å². The van der Waals surface area contributed by atoms with Gasteiger partial charge in [0.1, 0.15) is 0 Å². The van der Waals surface area contributed by atoms with Gasteiger partial charge < -0.3 is 30.6 Å². The fraction of sp³-hybridized carbons (Fsp3) is 0.257. The average molecular weight is 960 g/mol. The summed E-state index contributed by atoms with van der Waals surface area (Å²) in [7, 11) is -1.38. The minimum atomic E-state index is -4.94. The van der Waals surface area contributed by atoms with Gasteiger partial charge >= 0.3 is 33.6 Å². The predicted octanol–water partition coefficient (Wildman–Crippen LogP) is -7.54. The Labute approximate surface area is 364 Å². The van der Waals surface area contributed by atoms with Crippen molar-refractivity contribution >= 4 is 55.4 Å². The molecule has 0 amide bonds. The summed E-state index contributed by atoms with van der Waals surface area (Å²) >= 11 is 0. The Hall–Kier alpha value is -3.87. The molecule has 0 atom stereocenters. The van der Waals surface area contributed by atoms with Crippen molar-refractivity contribution in [2.45, 2.75) is 0 Å². The molecule has 0 unspecified atom stereocenters. The Balaban J connectivity index is -0.000000686. The smallest absolute Gasteiger partial charge is 0.858 e. The molecule has 0 saturated carbocycles. The minimum absolute atomic E-state index is 0. The van der Waals surface area contributed by atoms with Crippen molar-refractivity contribution in [3.63, 3.8) is 0 Å². The first-order valence-electron chi connectivity index (χ1n) is 15.9. The maximum absolute atomic E-state index is 11.2. The summed E-state index contributed by atoms with van der Waals surface area (Å²) < 4.78 is 67.9. The largest absolute Gasteiger partial charge is 2.00 e. The van der Waals surface area contributed by atoms with Crippen LogP contribution in [0.1, 0.15) is 0 Å². The zero-order valence-corrected chi connectivity index (χ0v) is 35.5. The van der Waals surface area contributed by atoms with Gasteiger partial charge in [-0.25, -0.2) is 37.3 Å². The number of hydrogen-bond acceptors (Lipinski definition) is 19. The first-order chi connectivity index (χ1) is 26.3. The zero-order valence-electron chi connectivity index (χ0n) is 32.0. The van der Waals surface area contributed by atoms with E-state index in [1.54, 1.807) is 24.8 Å². The Morgan fingerprint density at radius 1 is 0.508 bits per heavy atom. The first-order valence-corrected chi connectivity index (χ1v) is 18.4. The first kappa shape index (κ1) is 59.4. The van der Waals surface area contributed by atoms with Crippen molar-refractivity contribution in [1.29, 1.82) is 0 Å². The number of aliphatic hydroxyl groups excluding tert-OH is 1. The van der Waals surface area contributed by atoms with E-state index in [1.807, 2.05) is 62.3 Å². The Bertz CT molecular complexity index is 1850. The summed E-state index contributed by atoms with van der Waals surface area (Å²) in [5, 5.41) is 33.9. The van der Waals surface area contributed by atoms with Gasteiger partial charge in [-0.2, -0.15) is 0 Å². The van der Waals surface area contributed by atoms with Crippen molar-refractivity contribution < 1.29 is 112 Å². The van der Waals surface area contributed by atoms with E-state index < -0.39 is 32.3 Å². The van der Waals surface area contributed by atoms with Gasteiger partial charge in [0.15, 0.2) is 0 Å². The van der Waals surface area contributed by atoms with Crippen molar-refractivity contribution in [2.75, 3.05) is 61.5 Å². The van der Waals surface area contributed by atoms with Crippen LogP contribution in [0.3, 0.4) is 0 Å². The van der Waals surface area contributed by atoms with Crippen molar-refractivity contribution in [3.05, 3.63) is 97.6 Å². The van der Waals surface area contributed by atoms with Gasteiger partial charge in [0.2, 0.25) is 0 Å². The SMILES string of the molecule is CN(C)CCN=C([O-])C([O-])=NCCN(C)C.CO.O.[Cu+2].[Ni+2].[O-][Cl+3]([O-])([O-])[O-].[O-][Cl+3]([O-])([O-])[O-].c1cnc2c(c1)ccc1cccnc12.c1cnc2c(c1)ccc1cccnc12. The molecule has 329 valence electrons. The van der Waals surface area contributed by atoms with E-state index in [4.69, 9.17) is 42.4 Å². The fourth-order valence-electron chi connectivity index (χ4n) is 4.20. The van der Waals surface area contributed by atoms with E-state index in [1.165, 1.54) is 0 Å². The number of fused-ring (bicyclic) bond motifs is 6. The van der Waals surface area contributed by atoms with Crippen LogP contribution in [0, 0.1) is 20.5 Å². The van der Waals surface area contributed by atoms with Crippen molar-refractivity contribution in [3.8, 4) is 0 Å². The third-order valence-corrected chi connectivity index (χ3v) is 6.48. The molecule has 20 nitrogen and oxygen atoms in total. The van der Waals surface area contributed by atoms with Crippen LogP contribution in [0.5, 0.6) is 0 Å². The van der Waals surface area contributed by atoms with Crippen molar-refractivity contribution in [2.24, 2.45) is 9.98 Å². The van der Waals surface area contributed by atoms with Gasteiger partial charge in [0, 0.05) is 66.5 Å². The molecule has 3 N–H and O–H groups in total. The van der Waals surface area contributed by atoms with Crippen LogP contribution in [0.4, 0.5) is 0 Å². The van der Waals surface area contributed by atoms with Crippen LogP contribution in [0.25, 0.3) is 43.6 Å². The third kappa shape index (κ3) is 26.8. The van der Waals surface area contributed by atoms with E-state index in [-0.39, 0.29) is 39.0 Å². The second-order valence-corrected chi connectivity index (χ2v) is 12.7. The molecule has 0 aliphatic carbocycles. The quantitative estimate of drug-likeness (QED) is 0.0701. The number of nitrogens with zero attached hydrogens (tertiary/aromatic N) is 8. The maximum atomic E-state index is 11.2. The molecule has 4 aromatic heterocycles. The van der Waals surface area contributed by atoms with Gasteiger partial charge in [0.05, 0.1) is 35.2 Å². The van der Waals surface area contributed by atoms with Gasteiger partial charge in [-0.15, -0.1) is 20.5 Å². The second kappa shape index (κ2) is 31.1. The van der Waals surface area contributed by atoms with Crippen LogP contribution < -0.4 is 47.5 Å². The molecule has 0 saturated heterocycles. The van der Waals surface area contributed by atoms with E-state index in [0.717, 1.165) is 50.7 Å². The number of hydrogen-bond donors (Lipinski definition) is 1. The molecule has 0 aliphatic rings. The standard InChI is InChI=1S/2C12H8N2.C10H22N4O2.CH4O.2ClHO4.Cu.Ni.H2O/c2*1-3-9-5-6-10-4-2-8-14-12(10)11(9)13-7-1;1-13(2)7-5-11-9(15)10(16)12-6-8-14(3)4;1-2;2*2-1(3,4)5;;;/h2*1-8H;5-8H2,1-4H3,(H,11,15)(H,12,16);2H,1H3;2*(H,2,3,4,5);;;1H2/q;;;;;;2*+2;/p-4. The number of aliphatic hydroxyl groups is 1. The van der Waals surface area contributed by atoms with E-state index >= 15 is 0 Å². The normalized spacial score (nSPS) is 11.1. The molecule has 0 bridgehead atoms. The van der Waals surface area contributed by atoms with Gasteiger partial charge in [0.25, 0.3) is 0 Å². The van der Waals surface area contributed by atoms with E-state index in [0.29, 0.717) is 26.2 Å². The molecule has 59 heavy (non-hydrogen) atoms. The summed E-state index contributed by atoms with van der Waals surface area (Å²) in [4.78, 5) is 28.4. The predicted molar refractivity (Wildman–Crippen MR) is 188 cm³/mol. The zero-order chi connectivity index (χ0) is 42.3. The van der Waals surface area contributed by atoms with Gasteiger partial charge in [-0.05, 0) is 64.3 Å². The summed E-state index contributed by atoms with van der Waals surface area (Å²) in [5.41, 5.74) is 3.91. The van der Waals surface area contributed by atoms with Crippen LogP contribution in [-0.2, 0) is 33.6 Å². The number of aliphatic imine (C=N–C) groups is 2. The van der Waals surface area contributed by atoms with Crippen molar-refractivity contribution in [1.82, 2.24) is 29.7 Å². The molecular weight excluding hydrogens is 918 g/mol. The maximum Gasteiger partial charge on any atom is 2.00 e. The summed E-state index contributed by atoms with van der Waals surface area (Å²) in [6.07, 6.45) is 7.21. The second-order valence-electron chi connectivity index (χ2n) is 11.2. The third-order valence-electron chi connectivity index (χ3n) is 6.48. The monoisotopic (exact) mass is 957 g/mol. The molecule has 0 aliphatic heterocycles. The Kier molecular flexibility index (Phi) is 31.3. The molecule has 1 radical (unpaired) electrons. The number of aromatic nitrogens is 4. The molecular formula is C35H42Cl2CuN8NiO12. The molecule has 4 heterocycles. The number of benzene rings is 2. The van der Waals surface area contributed by atoms with Crippen LogP contribution in [-0.4, -0.2) is 114 Å². The summed E-state index contributed by atoms with van der Waals surface area (Å²) in [5.74, 6) is -1.50. The number of pyridine rings is 4. The summed E-state index contributed by atoms with van der Waals surface area (Å²) in [6.45, 7) is 1.97. The molecule has 0 spiro atoms. The molecule has 2 aromatic carbocycles. The minimum Gasteiger partial charge on any atom is -0.858 e. The number of likely N-dealkylation sites (N-methyl/N-ethyl adjacent to an activating group) is 2. The van der Waals surface area contributed by atoms with Gasteiger partial charge in [-0.3, -0.25) is 29.9 Å². The number of rotatable bonds is 6. The van der Waals surface area contributed by atoms with Crippen LogP contribution in [0.15, 0.2) is 108 Å². The van der Waals surface area contributed by atoms with E-state index in [2.05, 4.69) is 78.5 Å². The molecule has 6 rings (SSSR count). The Morgan fingerprint density at radius 3 is 0.898 bits per heavy atom. The number of halogens is 2. The fourth-order valence-corrected chi connectivity index (χ4v) is 4.20. The van der Waals surface area contributed by atoms with Crippen LogP contribution in [0.2, 0.25) is 0 Å². The molecule has 24 heteroatoms. The van der Waals surface area contributed by atoms with Crippen LogP contribution >= 0.6 is 0 Å². The Morgan fingerprint density at radius 2 is 0.712 bits per heavy atom. The molecule has 0 fully saturated rings.